The minimum atomic E-state index is 0.104. The molecule has 0 aliphatic rings. The summed E-state index contributed by atoms with van der Waals surface area (Å²) in [6, 6.07) is 4.52. The van der Waals surface area contributed by atoms with Crippen molar-refractivity contribution in [2.75, 3.05) is 7.11 Å². The monoisotopic (exact) mass is 260 g/mol. The molecule has 1 unspecified atom stereocenters. The van der Waals surface area contributed by atoms with Crippen molar-refractivity contribution in [3.8, 4) is 5.75 Å². The van der Waals surface area contributed by atoms with Gasteiger partial charge in [-0.1, -0.05) is 57.5 Å². The molecule has 0 saturated carbocycles. The summed E-state index contributed by atoms with van der Waals surface area (Å²) in [5, 5.41) is 0. The van der Waals surface area contributed by atoms with Crippen LogP contribution < -0.4 is 4.74 Å². The molecule has 1 aromatic rings. The Hall–Kier alpha value is -1.24. The lowest BCUT2D eigenvalue weighted by atomic mass is 9.82. The van der Waals surface area contributed by atoms with Gasteiger partial charge >= 0.3 is 0 Å². The lowest BCUT2D eigenvalue weighted by molar-refractivity contribution is 0.389. The van der Waals surface area contributed by atoms with Crippen LogP contribution in [-0.2, 0) is 5.41 Å². The van der Waals surface area contributed by atoms with Crippen LogP contribution in [0.15, 0.2) is 24.3 Å². The number of hydrogen-bond acceptors (Lipinski definition) is 1. The van der Waals surface area contributed by atoms with Crippen LogP contribution in [0.3, 0.4) is 0 Å². The number of ether oxygens (including phenoxy) is 1. The van der Waals surface area contributed by atoms with Gasteiger partial charge < -0.3 is 4.74 Å². The van der Waals surface area contributed by atoms with Crippen LogP contribution in [0, 0.1) is 6.92 Å². The molecular formula is C18H28O. The first kappa shape index (κ1) is 15.8. The molecule has 0 N–H and O–H groups in total. The number of aryl methyl sites for hydroxylation is 1. The number of hydrogen-bond donors (Lipinski definition) is 0. The summed E-state index contributed by atoms with van der Waals surface area (Å²) in [4.78, 5) is 0. The third kappa shape index (κ3) is 3.86. The third-order valence-electron chi connectivity index (χ3n) is 3.53. The van der Waals surface area contributed by atoms with Gasteiger partial charge in [0.15, 0.2) is 0 Å². The topological polar surface area (TPSA) is 9.23 Å². The summed E-state index contributed by atoms with van der Waals surface area (Å²) < 4.78 is 5.73. The predicted molar refractivity (Wildman–Crippen MR) is 84.3 cm³/mol. The van der Waals surface area contributed by atoms with Crippen molar-refractivity contribution in [2.45, 2.75) is 59.3 Å². The standard InChI is InChI=1S/C18H28O/c1-8-9-10-14(3)15-11-13(2)12-16(17(15)19-7)18(4,5)6/h8-9,11-12,14H,10H2,1-7H3/b9-8-. The van der Waals surface area contributed by atoms with E-state index in [4.69, 9.17) is 4.74 Å². The minimum Gasteiger partial charge on any atom is -0.496 e. The van der Waals surface area contributed by atoms with Crippen LogP contribution in [0.5, 0.6) is 5.75 Å². The lowest BCUT2D eigenvalue weighted by Crippen LogP contribution is -2.15. The van der Waals surface area contributed by atoms with Gasteiger partial charge in [-0.25, -0.2) is 0 Å². The maximum absolute atomic E-state index is 5.73. The van der Waals surface area contributed by atoms with E-state index in [1.54, 1.807) is 7.11 Å². The molecule has 0 aliphatic carbocycles. The van der Waals surface area contributed by atoms with Gasteiger partial charge in [0.1, 0.15) is 5.75 Å². The van der Waals surface area contributed by atoms with Gasteiger partial charge in [-0.3, -0.25) is 0 Å². The summed E-state index contributed by atoms with van der Waals surface area (Å²) in [5.41, 5.74) is 4.04. The zero-order valence-electron chi connectivity index (χ0n) is 13.5. The van der Waals surface area contributed by atoms with Crippen molar-refractivity contribution in [3.63, 3.8) is 0 Å². The van der Waals surface area contributed by atoms with Crippen molar-refractivity contribution in [2.24, 2.45) is 0 Å². The van der Waals surface area contributed by atoms with Crippen LogP contribution >= 0.6 is 0 Å². The first-order valence-electron chi connectivity index (χ1n) is 7.11. The Labute approximate surface area is 118 Å². The molecule has 0 heterocycles. The Balaban J connectivity index is 3.35. The van der Waals surface area contributed by atoms with Crippen LogP contribution in [-0.4, -0.2) is 7.11 Å². The lowest BCUT2D eigenvalue weighted by Gasteiger charge is -2.26. The number of allylic oxidation sites excluding steroid dienone is 2. The highest BCUT2D eigenvalue weighted by molar-refractivity contribution is 5.49. The van der Waals surface area contributed by atoms with E-state index < -0.39 is 0 Å². The van der Waals surface area contributed by atoms with E-state index in [0.717, 1.165) is 12.2 Å². The van der Waals surface area contributed by atoms with Gasteiger partial charge in [0.2, 0.25) is 0 Å². The molecule has 0 aliphatic heterocycles. The van der Waals surface area contributed by atoms with E-state index in [1.807, 2.05) is 0 Å². The van der Waals surface area contributed by atoms with Crippen molar-refractivity contribution in [1.82, 2.24) is 0 Å². The molecular weight excluding hydrogens is 232 g/mol. The zero-order chi connectivity index (χ0) is 14.6. The molecule has 1 atom stereocenters. The zero-order valence-corrected chi connectivity index (χ0v) is 13.5. The summed E-state index contributed by atoms with van der Waals surface area (Å²) in [6.07, 6.45) is 5.40. The van der Waals surface area contributed by atoms with Gasteiger partial charge in [0.05, 0.1) is 7.11 Å². The summed E-state index contributed by atoms with van der Waals surface area (Å²) in [5.74, 6) is 1.54. The van der Waals surface area contributed by atoms with Crippen molar-refractivity contribution >= 4 is 0 Å². The van der Waals surface area contributed by atoms with Crippen LogP contribution in [0.4, 0.5) is 0 Å². The second-order valence-corrected chi connectivity index (χ2v) is 6.39. The smallest absolute Gasteiger partial charge is 0.126 e. The third-order valence-corrected chi connectivity index (χ3v) is 3.53. The Morgan fingerprint density at radius 2 is 1.89 bits per heavy atom. The van der Waals surface area contributed by atoms with E-state index in [-0.39, 0.29) is 5.41 Å². The highest BCUT2D eigenvalue weighted by Gasteiger charge is 2.23. The predicted octanol–water partition coefficient (Wildman–Crippen LogP) is 5.37. The second-order valence-electron chi connectivity index (χ2n) is 6.39. The average molecular weight is 260 g/mol. The second kappa shape index (κ2) is 6.27. The maximum atomic E-state index is 5.73. The van der Waals surface area contributed by atoms with Gasteiger partial charge in [-0.15, -0.1) is 0 Å². The molecule has 1 heteroatoms. The molecule has 0 saturated heterocycles. The SMILES string of the molecule is C/C=C\CC(C)c1cc(C)cc(C(C)(C)C)c1OC. The number of rotatable bonds is 4. The number of methoxy groups -OCH3 is 1. The molecule has 106 valence electrons. The quantitative estimate of drug-likeness (QED) is 0.661. The van der Waals surface area contributed by atoms with E-state index in [0.29, 0.717) is 5.92 Å². The largest absolute Gasteiger partial charge is 0.496 e. The normalized spacial score (nSPS) is 13.8. The first-order chi connectivity index (χ1) is 8.81. The fraction of sp³-hybridized carbons (Fsp3) is 0.556. The highest BCUT2D eigenvalue weighted by Crippen LogP contribution is 2.39. The molecule has 1 rings (SSSR count). The fourth-order valence-electron chi connectivity index (χ4n) is 2.42. The first-order valence-corrected chi connectivity index (χ1v) is 7.11. The molecule has 0 fully saturated rings. The van der Waals surface area contributed by atoms with E-state index >= 15 is 0 Å². The van der Waals surface area contributed by atoms with E-state index in [2.05, 4.69) is 65.8 Å². The molecule has 0 radical (unpaired) electrons. The molecule has 19 heavy (non-hydrogen) atoms. The maximum Gasteiger partial charge on any atom is 0.126 e. The van der Waals surface area contributed by atoms with Gasteiger partial charge in [0, 0.05) is 5.56 Å². The van der Waals surface area contributed by atoms with E-state index in [9.17, 15) is 0 Å². The Morgan fingerprint density at radius 3 is 2.37 bits per heavy atom. The average Bonchev–Trinajstić information content (AvgIpc) is 2.33. The summed E-state index contributed by atoms with van der Waals surface area (Å²) in [6.45, 7) is 13.2. The van der Waals surface area contributed by atoms with Crippen molar-refractivity contribution in [1.29, 1.82) is 0 Å². The molecule has 0 spiro atoms. The number of benzene rings is 1. The summed E-state index contributed by atoms with van der Waals surface area (Å²) >= 11 is 0. The van der Waals surface area contributed by atoms with Crippen LogP contribution in [0.2, 0.25) is 0 Å². The van der Waals surface area contributed by atoms with Crippen LogP contribution in [0.25, 0.3) is 0 Å². The fourth-order valence-corrected chi connectivity index (χ4v) is 2.42. The highest BCUT2D eigenvalue weighted by atomic mass is 16.5. The molecule has 0 amide bonds. The van der Waals surface area contributed by atoms with Crippen molar-refractivity contribution in [3.05, 3.63) is 41.0 Å². The van der Waals surface area contributed by atoms with Gasteiger partial charge in [-0.2, -0.15) is 0 Å². The Morgan fingerprint density at radius 1 is 1.26 bits per heavy atom. The van der Waals surface area contributed by atoms with E-state index in [1.165, 1.54) is 16.7 Å². The molecule has 0 aromatic heterocycles. The minimum absolute atomic E-state index is 0.104. The van der Waals surface area contributed by atoms with Crippen molar-refractivity contribution < 1.29 is 4.74 Å². The molecule has 1 aromatic carbocycles. The Bertz CT molecular complexity index is 449. The van der Waals surface area contributed by atoms with Gasteiger partial charge in [0.25, 0.3) is 0 Å². The molecule has 1 nitrogen and oxygen atoms in total. The van der Waals surface area contributed by atoms with Gasteiger partial charge in [-0.05, 0) is 37.2 Å². The molecule has 0 bridgehead atoms. The Kier molecular flexibility index (Phi) is 5.22. The van der Waals surface area contributed by atoms with Crippen LogP contribution in [0.1, 0.15) is 63.6 Å². The summed E-state index contributed by atoms with van der Waals surface area (Å²) in [7, 11) is 1.78.